The molecular formula is C23H17FN4O4S. The van der Waals surface area contributed by atoms with Crippen LogP contribution in [0.15, 0.2) is 82.4 Å². The lowest BCUT2D eigenvalue weighted by atomic mass is 9.96. The van der Waals surface area contributed by atoms with Gasteiger partial charge in [0.1, 0.15) is 22.6 Å². The summed E-state index contributed by atoms with van der Waals surface area (Å²) in [5.41, 5.74) is 1.34. The lowest BCUT2D eigenvalue weighted by Gasteiger charge is -2.24. The van der Waals surface area contributed by atoms with E-state index in [1.807, 2.05) is 0 Å². The van der Waals surface area contributed by atoms with Gasteiger partial charge in [0.25, 0.3) is 10.0 Å². The van der Waals surface area contributed by atoms with E-state index in [0.29, 0.717) is 11.1 Å². The number of nitrogens with one attached hydrogen (secondary N) is 1. The summed E-state index contributed by atoms with van der Waals surface area (Å²) in [6.07, 6.45) is 3.16. The zero-order valence-electron chi connectivity index (χ0n) is 17.1. The number of fused-ring (bicyclic) bond motifs is 1. The van der Waals surface area contributed by atoms with Crippen LogP contribution in [0, 0.1) is 11.7 Å². The largest absolute Gasteiger partial charge is 0.341 e. The maximum atomic E-state index is 13.5. The summed E-state index contributed by atoms with van der Waals surface area (Å²) >= 11 is 0. The molecule has 1 fully saturated rings. The first-order valence-electron chi connectivity index (χ1n) is 10.0. The van der Waals surface area contributed by atoms with Crippen LogP contribution in [0.2, 0.25) is 0 Å². The van der Waals surface area contributed by atoms with Crippen LogP contribution in [0.4, 0.5) is 10.1 Å². The van der Waals surface area contributed by atoms with Crippen molar-refractivity contribution in [1.29, 1.82) is 0 Å². The molecule has 2 aliphatic rings. The summed E-state index contributed by atoms with van der Waals surface area (Å²) < 4.78 is 42.7. The number of sulfonamides is 1. The molecule has 0 bridgehead atoms. The van der Waals surface area contributed by atoms with Crippen LogP contribution in [0.5, 0.6) is 0 Å². The number of ketones is 1. The van der Waals surface area contributed by atoms with Crippen LogP contribution in [-0.4, -0.2) is 35.8 Å². The molecule has 3 heterocycles. The van der Waals surface area contributed by atoms with Gasteiger partial charge < -0.3 is 10.2 Å². The number of amides is 1. The first-order valence-corrected chi connectivity index (χ1v) is 11.5. The molecule has 1 saturated heterocycles. The first kappa shape index (κ1) is 21.0. The molecule has 1 aromatic heterocycles. The van der Waals surface area contributed by atoms with Crippen LogP contribution in [0.25, 0.3) is 0 Å². The normalized spacial score (nSPS) is 21.4. The van der Waals surface area contributed by atoms with Crippen LogP contribution >= 0.6 is 0 Å². The van der Waals surface area contributed by atoms with Crippen molar-refractivity contribution in [1.82, 2.24) is 9.88 Å². The SMILES string of the molecule is O=C1C(C2=NS(=O)(=O)c3ccccc3N2)C(=O)N(Cc2cccnc2)[C@H]1c1ccc(F)cc1. The van der Waals surface area contributed by atoms with E-state index in [4.69, 9.17) is 0 Å². The van der Waals surface area contributed by atoms with Gasteiger partial charge in [0.05, 0.1) is 5.69 Å². The monoisotopic (exact) mass is 464 g/mol. The van der Waals surface area contributed by atoms with Gasteiger partial charge in [-0.15, -0.1) is 4.40 Å². The number of hydrogen-bond acceptors (Lipinski definition) is 6. The van der Waals surface area contributed by atoms with Crippen molar-refractivity contribution in [3.63, 3.8) is 0 Å². The molecule has 0 spiro atoms. The zero-order chi connectivity index (χ0) is 23.2. The Morgan fingerprint density at radius 1 is 1.00 bits per heavy atom. The first-order chi connectivity index (χ1) is 15.8. The summed E-state index contributed by atoms with van der Waals surface area (Å²) in [5, 5.41) is 2.85. The Kier molecular flexibility index (Phi) is 5.01. The third-order valence-corrected chi connectivity index (χ3v) is 6.93. The number of rotatable bonds is 4. The van der Waals surface area contributed by atoms with Crippen molar-refractivity contribution in [3.05, 3.63) is 90.0 Å². The van der Waals surface area contributed by atoms with Crippen molar-refractivity contribution in [2.24, 2.45) is 10.3 Å². The molecule has 0 saturated carbocycles. The van der Waals surface area contributed by atoms with Gasteiger partial charge in [-0.1, -0.05) is 30.3 Å². The van der Waals surface area contributed by atoms with E-state index in [0.717, 1.165) is 0 Å². The van der Waals surface area contributed by atoms with E-state index in [-0.39, 0.29) is 23.0 Å². The highest BCUT2D eigenvalue weighted by atomic mass is 32.2. The minimum absolute atomic E-state index is 0.0334. The van der Waals surface area contributed by atoms with E-state index in [1.165, 1.54) is 41.3 Å². The standard InChI is InChI=1S/C23H17FN4O4S/c24-16-9-7-15(8-10-16)20-21(29)19(23(30)28(20)13-14-4-3-11-25-12-14)22-26-17-5-1-2-6-18(17)33(31,32)27-22/h1-12,19-20H,13H2,(H,26,27)/t19?,20-/m0/s1. The summed E-state index contributed by atoms with van der Waals surface area (Å²) in [4.78, 5) is 32.4. The predicted octanol–water partition coefficient (Wildman–Crippen LogP) is 2.70. The van der Waals surface area contributed by atoms with Crippen molar-refractivity contribution in [2.45, 2.75) is 17.5 Å². The Balaban J connectivity index is 1.58. The van der Waals surface area contributed by atoms with Gasteiger partial charge in [0, 0.05) is 18.9 Å². The number of nitrogens with zero attached hydrogens (tertiary/aromatic N) is 3. The molecule has 5 rings (SSSR count). The second kappa shape index (κ2) is 7.89. The smallest absolute Gasteiger partial charge is 0.286 e. The highest BCUT2D eigenvalue weighted by Crippen LogP contribution is 2.38. The molecule has 8 nitrogen and oxygen atoms in total. The van der Waals surface area contributed by atoms with Crippen molar-refractivity contribution < 1.29 is 22.4 Å². The maximum Gasteiger partial charge on any atom is 0.286 e. The highest BCUT2D eigenvalue weighted by Gasteiger charge is 2.51. The molecule has 1 amide bonds. The third kappa shape index (κ3) is 3.68. The van der Waals surface area contributed by atoms with Gasteiger partial charge in [-0.2, -0.15) is 8.42 Å². The summed E-state index contributed by atoms with van der Waals surface area (Å²) in [5.74, 6) is -3.31. The Hall–Kier alpha value is -3.92. The second-order valence-electron chi connectivity index (χ2n) is 7.69. The fourth-order valence-electron chi connectivity index (χ4n) is 4.08. The number of likely N-dealkylation sites (tertiary alicyclic amines) is 1. The average molecular weight is 464 g/mol. The third-order valence-electron chi connectivity index (χ3n) is 5.58. The number of carbonyl (C=O) groups is 2. The minimum atomic E-state index is -4.10. The van der Waals surface area contributed by atoms with Crippen LogP contribution in [-0.2, 0) is 26.2 Å². The number of halogens is 1. The van der Waals surface area contributed by atoms with Gasteiger partial charge in [0.2, 0.25) is 5.91 Å². The number of para-hydroxylation sites is 1. The fourth-order valence-corrected chi connectivity index (χ4v) is 5.24. The van der Waals surface area contributed by atoms with Crippen molar-refractivity contribution in [2.75, 3.05) is 5.32 Å². The van der Waals surface area contributed by atoms with E-state index in [1.54, 1.807) is 36.7 Å². The topological polar surface area (TPSA) is 109 Å². The summed E-state index contributed by atoms with van der Waals surface area (Å²) in [6.45, 7) is 0.0631. The average Bonchev–Trinajstić information content (AvgIpc) is 3.04. The molecule has 0 radical (unpaired) electrons. The Morgan fingerprint density at radius 3 is 2.48 bits per heavy atom. The lowest BCUT2D eigenvalue weighted by Crippen LogP contribution is -2.37. The molecule has 2 aliphatic heterocycles. The number of amidine groups is 1. The van der Waals surface area contributed by atoms with Crippen molar-refractivity contribution >= 4 is 33.2 Å². The van der Waals surface area contributed by atoms with E-state index >= 15 is 0 Å². The molecule has 1 N–H and O–H groups in total. The second-order valence-corrected chi connectivity index (χ2v) is 9.26. The molecule has 10 heteroatoms. The number of Topliss-reactive ketones (excluding diaryl/α,β-unsaturated/α-hetero) is 1. The molecule has 1 unspecified atom stereocenters. The van der Waals surface area contributed by atoms with E-state index in [9.17, 15) is 22.4 Å². The number of pyridine rings is 1. The molecule has 166 valence electrons. The quantitative estimate of drug-likeness (QED) is 0.595. The summed E-state index contributed by atoms with van der Waals surface area (Å²) in [7, 11) is -4.10. The molecule has 2 aromatic carbocycles. The number of hydrogen-bond donors (Lipinski definition) is 1. The van der Waals surface area contributed by atoms with Crippen LogP contribution in [0.1, 0.15) is 17.2 Å². The van der Waals surface area contributed by atoms with Gasteiger partial charge in [0.15, 0.2) is 11.7 Å². The molecule has 33 heavy (non-hydrogen) atoms. The number of carbonyl (C=O) groups excluding carboxylic acids is 2. The van der Waals surface area contributed by atoms with Gasteiger partial charge in [-0.05, 0) is 41.5 Å². The zero-order valence-corrected chi connectivity index (χ0v) is 17.9. The number of benzene rings is 2. The minimum Gasteiger partial charge on any atom is -0.341 e. The fraction of sp³-hybridized carbons (Fsp3) is 0.130. The summed E-state index contributed by atoms with van der Waals surface area (Å²) in [6, 6.07) is 13.9. The van der Waals surface area contributed by atoms with Gasteiger partial charge in [-0.3, -0.25) is 14.6 Å². The number of aromatic nitrogens is 1. The molecule has 3 aromatic rings. The lowest BCUT2D eigenvalue weighted by molar-refractivity contribution is -0.131. The molecule has 2 atom stereocenters. The van der Waals surface area contributed by atoms with E-state index < -0.39 is 39.5 Å². The Labute approximate surface area is 188 Å². The van der Waals surface area contributed by atoms with E-state index in [2.05, 4.69) is 14.7 Å². The van der Waals surface area contributed by atoms with Crippen LogP contribution in [0.3, 0.4) is 0 Å². The predicted molar refractivity (Wildman–Crippen MR) is 117 cm³/mol. The molecular weight excluding hydrogens is 447 g/mol. The highest BCUT2D eigenvalue weighted by molar-refractivity contribution is 7.90. The molecule has 0 aliphatic carbocycles. The van der Waals surface area contributed by atoms with Crippen molar-refractivity contribution in [3.8, 4) is 0 Å². The van der Waals surface area contributed by atoms with Gasteiger partial charge >= 0.3 is 0 Å². The Bertz CT molecular complexity index is 1390. The number of anilines is 1. The van der Waals surface area contributed by atoms with Gasteiger partial charge in [-0.25, -0.2) is 4.39 Å². The Morgan fingerprint density at radius 2 is 1.76 bits per heavy atom. The maximum absolute atomic E-state index is 13.5. The van der Waals surface area contributed by atoms with Crippen LogP contribution < -0.4 is 5.32 Å².